The standard InChI is InChI=1S/C16H15BrFNO2/c1-10-3-6-15(11(2)7-10)21-9-16(20)19-14-5-4-12(17)8-13(14)18/h3-8H,9H2,1-2H3,(H,19,20). The van der Waals surface area contributed by atoms with Gasteiger partial charge < -0.3 is 10.1 Å². The first kappa shape index (κ1) is 15.5. The van der Waals surface area contributed by atoms with E-state index < -0.39 is 11.7 Å². The van der Waals surface area contributed by atoms with Gasteiger partial charge in [-0.05, 0) is 43.7 Å². The van der Waals surface area contributed by atoms with Gasteiger partial charge in [-0.2, -0.15) is 0 Å². The molecule has 2 aromatic carbocycles. The summed E-state index contributed by atoms with van der Waals surface area (Å²) in [5.41, 5.74) is 2.21. The molecule has 0 fully saturated rings. The molecule has 0 unspecified atom stereocenters. The van der Waals surface area contributed by atoms with Crippen LogP contribution in [0, 0.1) is 19.7 Å². The summed E-state index contributed by atoms with van der Waals surface area (Å²) in [6.45, 7) is 3.73. The Morgan fingerprint density at radius 1 is 1.24 bits per heavy atom. The third-order valence-electron chi connectivity index (χ3n) is 2.89. The van der Waals surface area contributed by atoms with E-state index in [1.54, 1.807) is 6.07 Å². The van der Waals surface area contributed by atoms with E-state index in [9.17, 15) is 9.18 Å². The van der Waals surface area contributed by atoms with E-state index in [0.29, 0.717) is 10.2 Å². The first-order valence-electron chi connectivity index (χ1n) is 6.40. The number of carbonyl (C=O) groups is 1. The molecule has 1 amide bonds. The normalized spacial score (nSPS) is 10.3. The molecule has 0 radical (unpaired) electrons. The van der Waals surface area contributed by atoms with Crippen molar-refractivity contribution in [3.63, 3.8) is 0 Å². The molecular weight excluding hydrogens is 337 g/mol. The van der Waals surface area contributed by atoms with Crippen molar-refractivity contribution in [3.8, 4) is 5.75 Å². The van der Waals surface area contributed by atoms with E-state index in [0.717, 1.165) is 11.1 Å². The van der Waals surface area contributed by atoms with Crippen molar-refractivity contribution in [2.75, 3.05) is 11.9 Å². The third-order valence-corrected chi connectivity index (χ3v) is 3.39. The minimum Gasteiger partial charge on any atom is -0.483 e. The molecule has 0 atom stereocenters. The van der Waals surface area contributed by atoms with Crippen LogP contribution in [0.3, 0.4) is 0 Å². The number of aryl methyl sites for hydroxylation is 2. The van der Waals surface area contributed by atoms with Crippen molar-refractivity contribution < 1.29 is 13.9 Å². The monoisotopic (exact) mass is 351 g/mol. The summed E-state index contributed by atoms with van der Waals surface area (Å²) in [5.74, 6) is -0.257. The molecule has 0 aliphatic rings. The van der Waals surface area contributed by atoms with Gasteiger partial charge in [0.1, 0.15) is 11.6 Å². The van der Waals surface area contributed by atoms with Crippen LogP contribution in [0.15, 0.2) is 40.9 Å². The lowest BCUT2D eigenvalue weighted by Gasteiger charge is -2.10. The molecule has 0 aliphatic heterocycles. The summed E-state index contributed by atoms with van der Waals surface area (Å²) in [5, 5.41) is 2.48. The number of anilines is 1. The summed E-state index contributed by atoms with van der Waals surface area (Å²) < 4.78 is 19.7. The van der Waals surface area contributed by atoms with Crippen molar-refractivity contribution in [2.45, 2.75) is 13.8 Å². The number of halogens is 2. The molecule has 0 bridgehead atoms. The van der Waals surface area contributed by atoms with Crippen molar-refractivity contribution in [1.29, 1.82) is 0 Å². The second-order valence-corrected chi connectivity index (χ2v) is 5.65. The summed E-state index contributed by atoms with van der Waals surface area (Å²) in [4.78, 5) is 11.8. The topological polar surface area (TPSA) is 38.3 Å². The van der Waals surface area contributed by atoms with Crippen molar-refractivity contribution in [1.82, 2.24) is 0 Å². The zero-order valence-corrected chi connectivity index (χ0v) is 13.3. The van der Waals surface area contributed by atoms with Crippen LogP contribution in [-0.4, -0.2) is 12.5 Å². The van der Waals surface area contributed by atoms with Gasteiger partial charge in [0.05, 0.1) is 5.69 Å². The second-order valence-electron chi connectivity index (χ2n) is 4.73. The molecule has 110 valence electrons. The van der Waals surface area contributed by atoms with E-state index >= 15 is 0 Å². The molecule has 1 N–H and O–H groups in total. The number of ether oxygens (including phenoxy) is 1. The second kappa shape index (κ2) is 6.72. The Balaban J connectivity index is 1.96. The Labute approximate surface area is 131 Å². The van der Waals surface area contributed by atoms with Gasteiger partial charge in [-0.25, -0.2) is 4.39 Å². The molecule has 2 rings (SSSR count). The van der Waals surface area contributed by atoms with Crippen LogP contribution < -0.4 is 10.1 Å². The summed E-state index contributed by atoms with van der Waals surface area (Å²) >= 11 is 3.16. The molecule has 0 saturated carbocycles. The van der Waals surface area contributed by atoms with Gasteiger partial charge in [-0.3, -0.25) is 4.79 Å². The Morgan fingerprint density at radius 3 is 2.67 bits per heavy atom. The van der Waals surface area contributed by atoms with Crippen molar-refractivity contribution in [3.05, 3.63) is 57.8 Å². The Hall–Kier alpha value is -1.88. The van der Waals surface area contributed by atoms with Crippen LogP contribution in [0.25, 0.3) is 0 Å². The lowest BCUT2D eigenvalue weighted by Crippen LogP contribution is -2.21. The minimum atomic E-state index is -0.496. The van der Waals surface area contributed by atoms with Gasteiger partial charge in [-0.1, -0.05) is 33.6 Å². The molecule has 0 aliphatic carbocycles. The maximum absolute atomic E-state index is 13.6. The number of benzene rings is 2. The minimum absolute atomic E-state index is 0.132. The van der Waals surface area contributed by atoms with Gasteiger partial charge in [0.15, 0.2) is 6.61 Å². The molecule has 5 heteroatoms. The molecular formula is C16H15BrFNO2. The molecule has 0 aromatic heterocycles. The highest BCUT2D eigenvalue weighted by Gasteiger charge is 2.09. The van der Waals surface area contributed by atoms with E-state index in [1.807, 2.05) is 32.0 Å². The Morgan fingerprint density at radius 2 is 2.00 bits per heavy atom. The predicted octanol–water partition coefficient (Wildman–Crippen LogP) is 4.22. The average Bonchev–Trinajstić information content (AvgIpc) is 2.41. The van der Waals surface area contributed by atoms with E-state index in [1.165, 1.54) is 12.1 Å². The van der Waals surface area contributed by atoms with Crippen molar-refractivity contribution >= 4 is 27.5 Å². The zero-order chi connectivity index (χ0) is 15.4. The zero-order valence-electron chi connectivity index (χ0n) is 11.7. The Bertz CT molecular complexity index is 673. The fourth-order valence-corrected chi connectivity index (χ4v) is 2.21. The van der Waals surface area contributed by atoms with Gasteiger partial charge in [0, 0.05) is 4.47 Å². The summed E-state index contributed by atoms with van der Waals surface area (Å²) in [6, 6.07) is 10.1. The highest BCUT2D eigenvalue weighted by atomic mass is 79.9. The number of rotatable bonds is 4. The fraction of sp³-hybridized carbons (Fsp3) is 0.188. The van der Waals surface area contributed by atoms with E-state index in [2.05, 4.69) is 21.2 Å². The SMILES string of the molecule is Cc1ccc(OCC(=O)Nc2ccc(Br)cc2F)c(C)c1. The maximum atomic E-state index is 13.6. The first-order chi connectivity index (χ1) is 9.95. The summed E-state index contributed by atoms with van der Waals surface area (Å²) in [7, 11) is 0. The smallest absolute Gasteiger partial charge is 0.262 e. The van der Waals surface area contributed by atoms with Crippen LogP contribution in [0.1, 0.15) is 11.1 Å². The lowest BCUT2D eigenvalue weighted by atomic mass is 10.1. The van der Waals surface area contributed by atoms with Crippen LogP contribution in [0.4, 0.5) is 10.1 Å². The fourth-order valence-electron chi connectivity index (χ4n) is 1.88. The van der Waals surface area contributed by atoms with E-state index in [-0.39, 0.29) is 12.3 Å². The largest absolute Gasteiger partial charge is 0.483 e. The van der Waals surface area contributed by atoms with Crippen LogP contribution in [0.2, 0.25) is 0 Å². The van der Waals surface area contributed by atoms with Gasteiger partial charge in [0.2, 0.25) is 0 Å². The highest BCUT2D eigenvalue weighted by Crippen LogP contribution is 2.20. The first-order valence-corrected chi connectivity index (χ1v) is 7.20. The summed E-state index contributed by atoms with van der Waals surface area (Å²) in [6.07, 6.45) is 0. The quantitative estimate of drug-likeness (QED) is 0.895. The number of nitrogens with one attached hydrogen (secondary N) is 1. The van der Waals surface area contributed by atoms with Crippen LogP contribution in [0.5, 0.6) is 5.75 Å². The van der Waals surface area contributed by atoms with Gasteiger partial charge in [0.25, 0.3) is 5.91 Å². The number of carbonyl (C=O) groups excluding carboxylic acids is 1. The highest BCUT2D eigenvalue weighted by molar-refractivity contribution is 9.10. The van der Waals surface area contributed by atoms with Gasteiger partial charge >= 0.3 is 0 Å². The van der Waals surface area contributed by atoms with Gasteiger partial charge in [-0.15, -0.1) is 0 Å². The lowest BCUT2D eigenvalue weighted by molar-refractivity contribution is -0.118. The average molecular weight is 352 g/mol. The molecule has 2 aromatic rings. The van der Waals surface area contributed by atoms with Crippen LogP contribution in [-0.2, 0) is 4.79 Å². The van der Waals surface area contributed by atoms with Crippen molar-refractivity contribution in [2.24, 2.45) is 0 Å². The number of hydrogen-bond donors (Lipinski definition) is 1. The van der Waals surface area contributed by atoms with E-state index in [4.69, 9.17) is 4.74 Å². The number of amides is 1. The molecule has 21 heavy (non-hydrogen) atoms. The van der Waals surface area contributed by atoms with Crippen LogP contribution >= 0.6 is 15.9 Å². The molecule has 3 nitrogen and oxygen atoms in total. The number of hydrogen-bond acceptors (Lipinski definition) is 2. The molecule has 0 spiro atoms. The Kier molecular flexibility index (Phi) is 4.96. The third kappa shape index (κ3) is 4.29. The maximum Gasteiger partial charge on any atom is 0.262 e. The molecule has 0 heterocycles. The molecule has 0 saturated heterocycles. The predicted molar refractivity (Wildman–Crippen MR) is 84.1 cm³/mol.